The number of hydrogen-bond acceptors (Lipinski definition) is 9. The number of nitrogens with zero attached hydrogens (tertiary/aromatic N) is 7. The van der Waals surface area contributed by atoms with E-state index in [1.165, 1.54) is 52.4 Å². The lowest BCUT2D eigenvalue weighted by atomic mass is 9.82. The highest BCUT2D eigenvalue weighted by Gasteiger charge is 2.51. The minimum Gasteiger partial charge on any atom is -0.478 e. The molecular weight excluding hydrogens is 896 g/mol. The first-order valence-electron chi connectivity index (χ1n) is 20.4. The summed E-state index contributed by atoms with van der Waals surface area (Å²) < 4.78 is 101. The number of amides is 1. The van der Waals surface area contributed by atoms with Gasteiger partial charge in [0, 0.05) is 43.3 Å². The SMILES string of the molecule is CSNc1nn(C)c2c(-n3c(C(Cc4cc(F)cc(F)c4)NC(=O)Cn4nc(C(F)F)c5c4C(F)(F)C(C)C5)nc4nc(OCCC(C)(C)c5ccccc5)ccc4c3=O)ccc(Cl)c12. The number of ether oxygens (including phenoxy) is 1. The number of halogens is 7. The Morgan fingerprint density at radius 1 is 1.03 bits per heavy atom. The van der Waals surface area contributed by atoms with Crippen molar-refractivity contribution in [3.8, 4) is 11.6 Å². The second-order valence-corrected chi connectivity index (χ2v) is 17.6. The molecule has 7 aromatic rings. The summed E-state index contributed by atoms with van der Waals surface area (Å²) >= 11 is 7.98. The van der Waals surface area contributed by atoms with Crippen molar-refractivity contribution in [2.45, 2.75) is 70.4 Å². The van der Waals surface area contributed by atoms with E-state index in [1.807, 2.05) is 30.3 Å². The van der Waals surface area contributed by atoms with Gasteiger partial charge in [0.1, 0.15) is 35.4 Å². The Bertz CT molecular complexity index is 3000. The summed E-state index contributed by atoms with van der Waals surface area (Å²) in [5.74, 6) is -7.57. The zero-order valence-corrected chi connectivity index (χ0v) is 37.2. The van der Waals surface area contributed by atoms with Crippen LogP contribution in [0.3, 0.4) is 0 Å². The van der Waals surface area contributed by atoms with Crippen molar-refractivity contribution in [1.29, 1.82) is 0 Å². The molecule has 0 saturated heterocycles. The fourth-order valence-electron chi connectivity index (χ4n) is 8.36. The van der Waals surface area contributed by atoms with Crippen LogP contribution in [0, 0.1) is 17.6 Å². The molecule has 1 amide bonds. The Labute approximate surface area is 377 Å². The highest BCUT2D eigenvalue weighted by molar-refractivity contribution is 7.99. The molecule has 1 aliphatic rings. The molecule has 0 aliphatic heterocycles. The highest BCUT2D eigenvalue weighted by Crippen LogP contribution is 2.48. The predicted octanol–water partition coefficient (Wildman–Crippen LogP) is 9.55. The molecule has 3 aromatic carbocycles. The molecule has 2 atom stereocenters. The molecule has 12 nitrogen and oxygen atoms in total. The smallest absolute Gasteiger partial charge is 0.292 e. The Hall–Kier alpha value is -6.08. The topological polar surface area (TPSA) is 134 Å². The summed E-state index contributed by atoms with van der Waals surface area (Å²) in [6.45, 7) is 4.63. The zero-order chi connectivity index (χ0) is 46.5. The summed E-state index contributed by atoms with van der Waals surface area (Å²) in [6.07, 6.45) is -1.64. The van der Waals surface area contributed by atoms with Crippen LogP contribution in [0.2, 0.25) is 5.02 Å². The van der Waals surface area contributed by atoms with Gasteiger partial charge in [0.05, 0.1) is 39.6 Å². The van der Waals surface area contributed by atoms with Crippen molar-refractivity contribution >= 4 is 57.2 Å². The summed E-state index contributed by atoms with van der Waals surface area (Å²) in [5, 5.41) is 11.7. The Kier molecular flexibility index (Phi) is 12.4. The number of hydrogen-bond donors (Lipinski definition) is 2. The normalized spacial score (nSPS) is 15.2. The largest absolute Gasteiger partial charge is 0.478 e. The molecule has 0 radical (unpaired) electrons. The van der Waals surface area contributed by atoms with E-state index in [0.29, 0.717) is 33.9 Å². The van der Waals surface area contributed by atoms with Crippen molar-refractivity contribution in [3.63, 3.8) is 0 Å². The minimum absolute atomic E-state index is 0.00772. The number of aromatic nitrogens is 7. The first kappa shape index (κ1) is 45.5. The average Bonchev–Trinajstić information content (AvgIpc) is 3.85. The van der Waals surface area contributed by atoms with E-state index in [4.69, 9.17) is 21.3 Å². The van der Waals surface area contributed by atoms with Crippen molar-refractivity contribution in [1.82, 2.24) is 39.4 Å². The third-order valence-electron chi connectivity index (χ3n) is 11.7. The lowest BCUT2D eigenvalue weighted by Gasteiger charge is -2.25. The first-order valence-corrected chi connectivity index (χ1v) is 22.0. The van der Waals surface area contributed by atoms with Crippen LogP contribution in [0.15, 0.2) is 77.6 Å². The molecule has 20 heteroatoms. The Balaban J connectivity index is 1.28. The molecule has 2 N–H and O–H groups in total. The van der Waals surface area contributed by atoms with Gasteiger partial charge in [-0.1, -0.05) is 74.7 Å². The third kappa shape index (κ3) is 8.74. The maximum atomic E-state index is 15.5. The van der Waals surface area contributed by atoms with Crippen LogP contribution in [0.4, 0.5) is 32.2 Å². The molecule has 0 fully saturated rings. The molecule has 2 unspecified atom stereocenters. The number of nitrogens with one attached hydrogen (secondary N) is 2. The number of pyridine rings is 1. The van der Waals surface area contributed by atoms with Gasteiger partial charge in [-0.25, -0.2) is 22.5 Å². The van der Waals surface area contributed by atoms with Gasteiger partial charge in [0.25, 0.3) is 17.9 Å². The van der Waals surface area contributed by atoms with E-state index in [9.17, 15) is 22.4 Å². The van der Waals surface area contributed by atoms with Gasteiger partial charge >= 0.3 is 0 Å². The highest BCUT2D eigenvalue weighted by atomic mass is 35.5. The summed E-state index contributed by atoms with van der Waals surface area (Å²) in [6, 6.07) is 17.2. The molecular formula is C45H42ClF6N9O3S. The number of anilines is 1. The Morgan fingerprint density at radius 3 is 2.45 bits per heavy atom. The van der Waals surface area contributed by atoms with Crippen LogP contribution < -0.4 is 20.3 Å². The maximum Gasteiger partial charge on any atom is 0.292 e. The van der Waals surface area contributed by atoms with Crippen molar-refractivity contribution in [3.05, 3.63) is 134 Å². The molecule has 8 rings (SSSR count). The van der Waals surface area contributed by atoms with Crippen LogP contribution in [-0.4, -0.2) is 52.9 Å². The molecule has 340 valence electrons. The van der Waals surface area contributed by atoms with E-state index < -0.39 is 71.8 Å². The fourth-order valence-corrected chi connectivity index (χ4v) is 8.94. The minimum atomic E-state index is -3.59. The quantitative estimate of drug-likeness (QED) is 0.0762. The number of rotatable bonds is 15. The van der Waals surface area contributed by atoms with Crippen molar-refractivity contribution < 1.29 is 35.9 Å². The number of carbonyl (C=O) groups excluding carboxylic acids is 1. The van der Waals surface area contributed by atoms with E-state index in [1.54, 1.807) is 13.3 Å². The van der Waals surface area contributed by atoms with Crippen LogP contribution in [-0.2, 0) is 42.6 Å². The van der Waals surface area contributed by atoms with Crippen LogP contribution >= 0.6 is 23.5 Å². The number of benzene rings is 3. The van der Waals surface area contributed by atoms with Gasteiger partial charge in [-0.15, -0.1) is 0 Å². The van der Waals surface area contributed by atoms with E-state index in [-0.39, 0.29) is 63.0 Å². The van der Waals surface area contributed by atoms with Gasteiger partial charge in [-0.2, -0.15) is 24.0 Å². The molecule has 0 saturated carbocycles. The number of alkyl halides is 4. The van der Waals surface area contributed by atoms with Crippen molar-refractivity contribution in [2.24, 2.45) is 13.0 Å². The summed E-state index contributed by atoms with van der Waals surface area (Å²) in [4.78, 5) is 38.7. The van der Waals surface area contributed by atoms with Gasteiger partial charge in [-0.05, 0) is 59.7 Å². The molecule has 1 aliphatic carbocycles. The zero-order valence-electron chi connectivity index (χ0n) is 35.6. The fraction of sp³-hybridized carbons (Fsp3) is 0.333. The van der Waals surface area contributed by atoms with Crippen LogP contribution in [0.1, 0.15) is 73.6 Å². The van der Waals surface area contributed by atoms with E-state index in [2.05, 4.69) is 39.1 Å². The number of carbonyl (C=O) groups is 1. The first-order chi connectivity index (χ1) is 30.9. The number of fused-ring (bicyclic) bond motifs is 3. The average molecular weight is 938 g/mol. The third-order valence-corrected chi connectivity index (χ3v) is 12.4. The summed E-state index contributed by atoms with van der Waals surface area (Å²) in [7, 11) is 1.62. The molecule has 0 bridgehead atoms. The molecule has 0 spiro atoms. The van der Waals surface area contributed by atoms with Crippen LogP contribution in [0.25, 0.3) is 27.6 Å². The number of aryl methyl sites for hydroxylation is 1. The molecule has 4 aromatic heterocycles. The monoisotopic (exact) mass is 937 g/mol. The second kappa shape index (κ2) is 17.7. The standard InChI is InChI=1S/C45H42ClF6N9O3S/c1-23-17-29-36(39(49)50)56-60(38(29)45(23,51)52)22-33(62)53-31(20-24-18-26(47)21-27(48)19-24)42-55-40-28(11-14-34(54-40)64-16-15-44(2,3)25-9-7-6-8-10-25)43(63)61(42)32-13-12-30(46)35-37(32)59(4)57-41(35)58-65-5/h6-14,18-19,21,23,31,39H,15-17,20,22H2,1-5H3,(H,53,62)(H,57,58). The molecule has 65 heavy (non-hydrogen) atoms. The van der Waals surface area contributed by atoms with Crippen molar-refractivity contribution in [2.75, 3.05) is 17.6 Å². The van der Waals surface area contributed by atoms with Gasteiger partial charge in [0.15, 0.2) is 11.5 Å². The maximum absolute atomic E-state index is 15.5. The van der Waals surface area contributed by atoms with E-state index in [0.717, 1.165) is 17.7 Å². The summed E-state index contributed by atoms with van der Waals surface area (Å²) in [5.41, 5.74) is -1.46. The van der Waals surface area contributed by atoms with Gasteiger partial charge in [0.2, 0.25) is 11.8 Å². The van der Waals surface area contributed by atoms with Gasteiger partial charge in [-0.3, -0.25) is 23.5 Å². The van der Waals surface area contributed by atoms with Gasteiger partial charge < -0.3 is 14.8 Å². The predicted molar refractivity (Wildman–Crippen MR) is 236 cm³/mol. The Morgan fingerprint density at radius 2 is 1.75 bits per heavy atom. The lowest BCUT2D eigenvalue weighted by molar-refractivity contribution is -0.123. The lowest BCUT2D eigenvalue weighted by Crippen LogP contribution is -2.38. The molecule has 4 heterocycles. The van der Waals surface area contributed by atoms with E-state index >= 15 is 13.6 Å². The van der Waals surface area contributed by atoms with Crippen LogP contribution in [0.5, 0.6) is 5.88 Å². The second-order valence-electron chi connectivity index (χ2n) is 16.5.